The van der Waals surface area contributed by atoms with Crippen molar-refractivity contribution in [3.63, 3.8) is 0 Å². The first-order valence-corrected chi connectivity index (χ1v) is 20.4. The largest absolute Gasteiger partial charge is 0.457 e. The van der Waals surface area contributed by atoms with E-state index in [1.165, 1.54) is 154 Å². The van der Waals surface area contributed by atoms with Crippen LogP contribution in [0.2, 0.25) is 0 Å². The van der Waals surface area contributed by atoms with Crippen LogP contribution in [0.1, 0.15) is 213 Å². The molecule has 0 aromatic carbocycles. The summed E-state index contributed by atoms with van der Waals surface area (Å²) in [6, 6.07) is 0. The van der Waals surface area contributed by atoms with E-state index < -0.39 is 6.10 Å². The Morgan fingerprint density at radius 3 is 1.39 bits per heavy atom. The Morgan fingerprint density at radius 1 is 0.522 bits per heavy atom. The lowest BCUT2D eigenvalue weighted by Crippen LogP contribution is -2.27. The molecule has 4 nitrogen and oxygen atoms in total. The Bertz CT molecular complexity index is 644. The Labute approximate surface area is 288 Å². The third-order valence-corrected chi connectivity index (χ3v) is 9.03. The molecule has 1 N–H and O–H groups in total. The lowest BCUT2D eigenvalue weighted by atomic mass is 10.0. The molecule has 1 atom stereocenters. The van der Waals surface area contributed by atoms with E-state index in [1.54, 1.807) is 0 Å². The molecule has 0 saturated heterocycles. The van der Waals surface area contributed by atoms with Crippen molar-refractivity contribution in [3.05, 3.63) is 24.3 Å². The van der Waals surface area contributed by atoms with E-state index in [-0.39, 0.29) is 12.6 Å². The van der Waals surface area contributed by atoms with Gasteiger partial charge in [0.1, 0.15) is 6.10 Å². The maximum atomic E-state index is 12.2. The second-order valence-corrected chi connectivity index (χ2v) is 13.7. The number of carbonyl (C=O) groups is 1. The highest BCUT2D eigenvalue weighted by Crippen LogP contribution is 2.15. The molecule has 4 heteroatoms. The first-order chi connectivity index (χ1) is 22.7. The topological polar surface area (TPSA) is 55.8 Å². The molecular formula is C42H80O4. The highest BCUT2D eigenvalue weighted by Gasteiger charge is 2.13. The monoisotopic (exact) mass is 649 g/mol. The normalized spacial score (nSPS) is 12.5. The Hall–Kier alpha value is -1.13. The van der Waals surface area contributed by atoms with E-state index in [9.17, 15) is 9.90 Å². The third-order valence-electron chi connectivity index (χ3n) is 9.03. The predicted octanol–water partition coefficient (Wildman–Crippen LogP) is 13.2. The minimum Gasteiger partial charge on any atom is -0.457 e. The van der Waals surface area contributed by atoms with Gasteiger partial charge in [-0.05, 0) is 44.9 Å². The zero-order valence-electron chi connectivity index (χ0n) is 31.1. The van der Waals surface area contributed by atoms with Crippen molar-refractivity contribution in [2.75, 3.05) is 19.8 Å². The molecule has 0 radical (unpaired) electrons. The number of ether oxygens (including phenoxy) is 2. The average molecular weight is 649 g/mol. The van der Waals surface area contributed by atoms with Crippen molar-refractivity contribution in [1.82, 2.24) is 0 Å². The molecule has 46 heavy (non-hydrogen) atoms. The van der Waals surface area contributed by atoms with Crippen molar-refractivity contribution < 1.29 is 19.4 Å². The van der Waals surface area contributed by atoms with Crippen molar-refractivity contribution in [2.24, 2.45) is 0 Å². The zero-order valence-corrected chi connectivity index (χ0v) is 31.1. The lowest BCUT2D eigenvalue weighted by Gasteiger charge is -2.15. The van der Waals surface area contributed by atoms with E-state index in [1.807, 2.05) is 0 Å². The van der Waals surface area contributed by atoms with E-state index >= 15 is 0 Å². The van der Waals surface area contributed by atoms with Crippen LogP contribution in [-0.2, 0) is 14.3 Å². The summed E-state index contributed by atoms with van der Waals surface area (Å²) in [5.41, 5.74) is 0. The molecule has 0 aromatic heterocycles. The van der Waals surface area contributed by atoms with Gasteiger partial charge in [0.2, 0.25) is 0 Å². The minimum atomic E-state index is -0.536. The fraction of sp³-hybridized carbons (Fsp3) is 0.881. The quantitative estimate of drug-likeness (QED) is 0.0411. The average Bonchev–Trinajstić information content (AvgIpc) is 3.06. The maximum Gasteiger partial charge on any atom is 0.306 e. The van der Waals surface area contributed by atoms with Crippen molar-refractivity contribution >= 4 is 5.97 Å². The van der Waals surface area contributed by atoms with Gasteiger partial charge in [0.05, 0.1) is 13.2 Å². The van der Waals surface area contributed by atoms with Gasteiger partial charge in [-0.15, -0.1) is 0 Å². The summed E-state index contributed by atoms with van der Waals surface area (Å²) in [5, 5.41) is 9.58. The molecule has 272 valence electrons. The summed E-state index contributed by atoms with van der Waals surface area (Å²) in [6.07, 6.45) is 48.0. The van der Waals surface area contributed by atoms with Gasteiger partial charge >= 0.3 is 5.97 Å². The van der Waals surface area contributed by atoms with Crippen molar-refractivity contribution in [3.8, 4) is 0 Å². The molecule has 0 aliphatic heterocycles. The molecule has 0 bridgehead atoms. The lowest BCUT2D eigenvalue weighted by molar-refractivity contribution is -0.154. The van der Waals surface area contributed by atoms with E-state index in [0.717, 1.165) is 38.5 Å². The van der Waals surface area contributed by atoms with Gasteiger partial charge in [-0.3, -0.25) is 4.79 Å². The summed E-state index contributed by atoms with van der Waals surface area (Å²) in [7, 11) is 0. The summed E-state index contributed by atoms with van der Waals surface area (Å²) >= 11 is 0. The summed E-state index contributed by atoms with van der Waals surface area (Å²) < 4.78 is 11.1. The van der Waals surface area contributed by atoms with E-state index in [2.05, 4.69) is 38.2 Å². The van der Waals surface area contributed by atoms with Gasteiger partial charge in [-0.25, -0.2) is 0 Å². The first kappa shape index (κ1) is 44.9. The van der Waals surface area contributed by atoms with Crippen LogP contribution in [0.4, 0.5) is 0 Å². The fourth-order valence-corrected chi connectivity index (χ4v) is 5.95. The van der Waals surface area contributed by atoms with Gasteiger partial charge in [0, 0.05) is 13.0 Å². The Balaban J connectivity index is 3.41. The SMILES string of the molecule is CCCCC/C=C\C/C=C\CCCCCCCC(=O)OC(CO)COCCCCCCCCCCCCCCCCCCCCC. The van der Waals surface area contributed by atoms with Gasteiger partial charge in [0.15, 0.2) is 0 Å². The summed E-state index contributed by atoms with van der Waals surface area (Å²) in [5.74, 6) is -0.211. The molecule has 0 saturated carbocycles. The van der Waals surface area contributed by atoms with Crippen LogP contribution in [0, 0.1) is 0 Å². The Kier molecular flexibility index (Phi) is 39.1. The van der Waals surface area contributed by atoms with Gasteiger partial charge in [-0.1, -0.05) is 186 Å². The molecule has 0 aliphatic rings. The molecule has 0 aliphatic carbocycles. The van der Waals surface area contributed by atoms with Crippen LogP contribution in [0.25, 0.3) is 0 Å². The molecule has 0 amide bonds. The fourth-order valence-electron chi connectivity index (χ4n) is 5.95. The van der Waals surface area contributed by atoms with Crippen LogP contribution in [-0.4, -0.2) is 37.0 Å². The van der Waals surface area contributed by atoms with Gasteiger partial charge in [0.25, 0.3) is 0 Å². The Morgan fingerprint density at radius 2 is 0.913 bits per heavy atom. The van der Waals surface area contributed by atoms with Crippen LogP contribution in [0.15, 0.2) is 24.3 Å². The molecule has 0 aromatic rings. The first-order valence-electron chi connectivity index (χ1n) is 20.4. The molecule has 0 spiro atoms. The number of rotatable bonds is 38. The zero-order chi connectivity index (χ0) is 33.4. The molecule has 0 fully saturated rings. The summed E-state index contributed by atoms with van der Waals surface area (Å²) in [6.45, 7) is 5.33. The second kappa shape index (κ2) is 40.0. The maximum absolute atomic E-state index is 12.2. The molecule has 0 heterocycles. The van der Waals surface area contributed by atoms with Gasteiger partial charge in [-0.2, -0.15) is 0 Å². The number of allylic oxidation sites excluding steroid dienone is 4. The number of unbranched alkanes of at least 4 members (excludes halogenated alkanes) is 26. The number of esters is 1. The highest BCUT2D eigenvalue weighted by molar-refractivity contribution is 5.69. The second-order valence-electron chi connectivity index (χ2n) is 13.7. The number of aliphatic hydroxyl groups excluding tert-OH is 1. The van der Waals surface area contributed by atoms with Crippen LogP contribution in [0.5, 0.6) is 0 Å². The molecular weight excluding hydrogens is 568 g/mol. The number of aliphatic hydroxyl groups is 1. The minimum absolute atomic E-state index is 0.174. The van der Waals surface area contributed by atoms with Crippen LogP contribution < -0.4 is 0 Å². The predicted molar refractivity (Wildman–Crippen MR) is 201 cm³/mol. The molecule has 1 unspecified atom stereocenters. The van der Waals surface area contributed by atoms with E-state index in [0.29, 0.717) is 19.6 Å². The van der Waals surface area contributed by atoms with Crippen LogP contribution in [0.3, 0.4) is 0 Å². The number of hydrogen-bond acceptors (Lipinski definition) is 4. The van der Waals surface area contributed by atoms with Crippen LogP contribution >= 0.6 is 0 Å². The number of carbonyl (C=O) groups excluding carboxylic acids is 1. The van der Waals surface area contributed by atoms with Gasteiger partial charge < -0.3 is 14.6 Å². The van der Waals surface area contributed by atoms with Crippen molar-refractivity contribution in [2.45, 2.75) is 219 Å². The third kappa shape index (κ3) is 37.3. The van der Waals surface area contributed by atoms with Crippen molar-refractivity contribution in [1.29, 1.82) is 0 Å². The smallest absolute Gasteiger partial charge is 0.306 e. The number of hydrogen-bond donors (Lipinski definition) is 1. The highest BCUT2D eigenvalue weighted by atomic mass is 16.6. The molecule has 0 rings (SSSR count). The van der Waals surface area contributed by atoms with E-state index in [4.69, 9.17) is 9.47 Å². The summed E-state index contributed by atoms with van der Waals surface area (Å²) in [4.78, 5) is 12.2. The standard InChI is InChI=1S/C42H80O4/c1-3-5-7-9-11-13-15-17-19-20-21-22-24-26-28-30-32-34-36-38-45-40-41(39-43)46-42(44)37-35-33-31-29-27-25-23-18-16-14-12-10-8-6-4-2/h12,14,18,23,41,43H,3-11,13,15-17,19-22,24-40H2,1-2H3/b14-12-,23-18-.